The van der Waals surface area contributed by atoms with Crippen LogP contribution in [0.3, 0.4) is 0 Å². The molecule has 0 amide bonds. The SMILES string of the molecule is CCCNc1ccc(S(=O)(=O)NC(C)c2ncc[nH]2)cc1. The van der Waals surface area contributed by atoms with Gasteiger partial charge in [0.2, 0.25) is 10.0 Å². The fourth-order valence-corrected chi connectivity index (χ4v) is 3.10. The maximum Gasteiger partial charge on any atom is 0.241 e. The van der Waals surface area contributed by atoms with Gasteiger partial charge in [-0.25, -0.2) is 18.1 Å². The molecule has 2 aromatic rings. The van der Waals surface area contributed by atoms with E-state index in [9.17, 15) is 8.42 Å². The summed E-state index contributed by atoms with van der Waals surface area (Å²) in [5, 5.41) is 3.21. The van der Waals surface area contributed by atoms with Crippen molar-refractivity contribution in [2.24, 2.45) is 0 Å². The van der Waals surface area contributed by atoms with Crippen molar-refractivity contribution in [3.05, 3.63) is 42.5 Å². The number of H-pyrrole nitrogens is 1. The Bertz CT molecular complexity index is 651. The molecule has 21 heavy (non-hydrogen) atoms. The number of nitrogens with zero attached hydrogens (tertiary/aromatic N) is 1. The van der Waals surface area contributed by atoms with Gasteiger partial charge >= 0.3 is 0 Å². The van der Waals surface area contributed by atoms with Gasteiger partial charge in [-0.3, -0.25) is 0 Å². The molecule has 1 aromatic carbocycles. The van der Waals surface area contributed by atoms with E-state index in [1.54, 1.807) is 43.6 Å². The minimum atomic E-state index is -3.56. The van der Waals surface area contributed by atoms with Crippen LogP contribution in [0.4, 0.5) is 5.69 Å². The lowest BCUT2D eigenvalue weighted by Crippen LogP contribution is -2.27. The lowest BCUT2D eigenvalue weighted by molar-refractivity contribution is 0.561. The number of aromatic amines is 1. The monoisotopic (exact) mass is 308 g/mol. The van der Waals surface area contributed by atoms with Crippen molar-refractivity contribution in [3.8, 4) is 0 Å². The first-order valence-corrected chi connectivity index (χ1v) is 8.37. The van der Waals surface area contributed by atoms with Crippen molar-refractivity contribution in [2.45, 2.75) is 31.2 Å². The van der Waals surface area contributed by atoms with E-state index in [2.05, 4.69) is 26.9 Å². The first-order valence-electron chi connectivity index (χ1n) is 6.88. The number of hydrogen-bond acceptors (Lipinski definition) is 4. The fourth-order valence-electron chi connectivity index (χ4n) is 1.89. The van der Waals surface area contributed by atoms with Crippen LogP contribution >= 0.6 is 0 Å². The second kappa shape index (κ2) is 6.73. The van der Waals surface area contributed by atoms with Crippen LogP contribution in [0.2, 0.25) is 0 Å². The van der Waals surface area contributed by atoms with Crippen LogP contribution < -0.4 is 10.0 Å². The molecule has 0 radical (unpaired) electrons. The molecule has 0 aliphatic rings. The zero-order valence-electron chi connectivity index (χ0n) is 12.1. The summed E-state index contributed by atoms with van der Waals surface area (Å²) in [5.74, 6) is 0.583. The van der Waals surface area contributed by atoms with Gasteiger partial charge in [0.15, 0.2) is 0 Å². The van der Waals surface area contributed by atoms with Gasteiger partial charge in [-0.2, -0.15) is 0 Å². The predicted octanol–water partition coefficient (Wildman–Crippen LogP) is 2.27. The molecule has 0 saturated heterocycles. The normalized spacial score (nSPS) is 13.0. The van der Waals surface area contributed by atoms with Gasteiger partial charge in [-0.1, -0.05) is 6.92 Å². The van der Waals surface area contributed by atoms with E-state index in [1.165, 1.54) is 0 Å². The number of benzene rings is 1. The average molecular weight is 308 g/mol. The topological polar surface area (TPSA) is 86.9 Å². The Kier molecular flexibility index (Phi) is 4.98. The predicted molar refractivity (Wildman–Crippen MR) is 82.5 cm³/mol. The molecule has 7 heteroatoms. The summed E-state index contributed by atoms with van der Waals surface area (Å²) in [7, 11) is -3.56. The number of hydrogen-bond donors (Lipinski definition) is 3. The first kappa shape index (κ1) is 15.5. The molecule has 1 atom stereocenters. The highest BCUT2D eigenvalue weighted by Gasteiger charge is 2.19. The average Bonchev–Trinajstić information content (AvgIpc) is 2.99. The third kappa shape index (κ3) is 4.05. The molecule has 1 aromatic heterocycles. The maximum atomic E-state index is 12.3. The lowest BCUT2D eigenvalue weighted by Gasteiger charge is -2.12. The molecular weight excluding hydrogens is 288 g/mol. The molecule has 0 saturated carbocycles. The minimum Gasteiger partial charge on any atom is -0.385 e. The van der Waals surface area contributed by atoms with Crippen LogP contribution in [0.15, 0.2) is 41.6 Å². The molecule has 0 fully saturated rings. The van der Waals surface area contributed by atoms with E-state index in [-0.39, 0.29) is 4.90 Å². The zero-order valence-corrected chi connectivity index (χ0v) is 12.9. The molecule has 0 bridgehead atoms. The highest BCUT2D eigenvalue weighted by atomic mass is 32.2. The largest absolute Gasteiger partial charge is 0.385 e. The summed E-state index contributed by atoms with van der Waals surface area (Å²) >= 11 is 0. The van der Waals surface area contributed by atoms with Crippen LogP contribution in [0, 0.1) is 0 Å². The van der Waals surface area contributed by atoms with Crippen molar-refractivity contribution in [3.63, 3.8) is 0 Å². The smallest absolute Gasteiger partial charge is 0.241 e. The fraction of sp³-hybridized carbons (Fsp3) is 0.357. The van der Waals surface area contributed by atoms with Crippen molar-refractivity contribution in [2.75, 3.05) is 11.9 Å². The summed E-state index contributed by atoms with van der Waals surface area (Å²) in [6.45, 7) is 4.68. The van der Waals surface area contributed by atoms with E-state index >= 15 is 0 Å². The van der Waals surface area contributed by atoms with Gasteiger partial charge in [-0.15, -0.1) is 0 Å². The Hall–Kier alpha value is -1.86. The Morgan fingerprint density at radius 2 is 2.00 bits per heavy atom. The van der Waals surface area contributed by atoms with Crippen molar-refractivity contribution in [1.29, 1.82) is 0 Å². The van der Waals surface area contributed by atoms with Crippen LogP contribution in [-0.4, -0.2) is 24.9 Å². The Morgan fingerprint density at radius 3 is 2.57 bits per heavy atom. The van der Waals surface area contributed by atoms with Gasteiger partial charge in [0.05, 0.1) is 10.9 Å². The van der Waals surface area contributed by atoms with Gasteiger partial charge in [0.25, 0.3) is 0 Å². The standard InChI is InChI=1S/C14H20N4O2S/c1-3-8-15-12-4-6-13(7-5-12)21(19,20)18-11(2)14-16-9-10-17-14/h4-7,9-11,15,18H,3,8H2,1-2H3,(H,16,17). The molecule has 114 valence electrons. The number of nitrogens with one attached hydrogen (secondary N) is 3. The molecule has 0 spiro atoms. The molecule has 1 unspecified atom stereocenters. The molecule has 0 aliphatic carbocycles. The summed E-state index contributed by atoms with van der Waals surface area (Å²) in [4.78, 5) is 7.18. The summed E-state index contributed by atoms with van der Waals surface area (Å²) in [5.41, 5.74) is 0.912. The summed E-state index contributed by atoms with van der Waals surface area (Å²) in [6, 6.07) is 6.30. The second-order valence-corrected chi connectivity index (χ2v) is 6.48. The summed E-state index contributed by atoms with van der Waals surface area (Å²) < 4.78 is 27.2. The highest BCUT2D eigenvalue weighted by Crippen LogP contribution is 2.17. The van der Waals surface area contributed by atoms with E-state index in [0.717, 1.165) is 18.7 Å². The van der Waals surface area contributed by atoms with Crippen molar-refractivity contribution < 1.29 is 8.42 Å². The first-order chi connectivity index (χ1) is 10.0. The van der Waals surface area contributed by atoms with Crippen LogP contribution in [-0.2, 0) is 10.0 Å². The van der Waals surface area contributed by atoms with E-state index in [4.69, 9.17) is 0 Å². The molecule has 1 heterocycles. The molecular formula is C14H20N4O2S. The Morgan fingerprint density at radius 1 is 1.29 bits per heavy atom. The Balaban J connectivity index is 2.08. The lowest BCUT2D eigenvalue weighted by atomic mass is 10.3. The minimum absolute atomic E-state index is 0.239. The molecule has 2 rings (SSSR count). The second-order valence-electron chi connectivity index (χ2n) is 4.77. The number of sulfonamides is 1. The van der Waals surface area contributed by atoms with Gasteiger partial charge in [0.1, 0.15) is 5.82 Å². The van der Waals surface area contributed by atoms with Gasteiger partial charge < -0.3 is 10.3 Å². The Labute approximate surface area is 125 Å². The van der Waals surface area contributed by atoms with Crippen LogP contribution in [0.5, 0.6) is 0 Å². The quantitative estimate of drug-likeness (QED) is 0.732. The van der Waals surface area contributed by atoms with Crippen molar-refractivity contribution in [1.82, 2.24) is 14.7 Å². The third-order valence-electron chi connectivity index (χ3n) is 3.01. The van der Waals surface area contributed by atoms with Crippen LogP contribution in [0.1, 0.15) is 32.1 Å². The van der Waals surface area contributed by atoms with Crippen molar-refractivity contribution >= 4 is 15.7 Å². The van der Waals surface area contributed by atoms with Gasteiger partial charge in [0, 0.05) is 24.6 Å². The van der Waals surface area contributed by atoms with Crippen LogP contribution in [0.25, 0.3) is 0 Å². The van der Waals surface area contributed by atoms with E-state index < -0.39 is 16.1 Å². The number of rotatable bonds is 7. The van der Waals surface area contributed by atoms with Gasteiger partial charge in [-0.05, 0) is 37.6 Å². The molecule has 0 aliphatic heterocycles. The number of aromatic nitrogens is 2. The number of imidazole rings is 1. The molecule has 6 nitrogen and oxygen atoms in total. The zero-order chi connectivity index (χ0) is 15.3. The number of anilines is 1. The van der Waals surface area contributed by atoms with E-state index in [1.807, 2.05) is 0 Å². The molecule has 3 N–H and O–H groups in total. The highest BCUT2D eigenvalue weighted by molar-refractivity contribution is 7.89. The third-order valence-corrected chi connectivity index (χ3v) is 4.56. The maximum absolute atomic E-state index is 12.3. The van der Waals surface area contributed by atoms with E-state index in [0.29, 0.717) is 5.82 Å². The summed E-state index contributed by atoms with van der Waals surface area (Å²) in [6.07, 6.45) is 4.27.